The van der Waals surface area contributed by atoms with Crippen LogP contribution in [0.5, 0.6) is 0 Å². The minimum Gasteiger partial charge on any atom is -0.550 e. The number of hydrogen-bond acceptors (Lipinski definition) is 3. The Kier molecular flexibility index (Phi) is 5.66. The van der Waals surface area contributed by atoms with Gasteiger partial charge in [-0.3, -0.25) is 0 Å². The highest BCUT2D eigenvalue weighted by atomic mass is 35.5. The molecule has 98 valence electrons. The fourth-order valence-electron chi connectivity index (χ4n) is 2.04. The molecule has 1 aromatic carbocycles. The highest BCUT2D eigenvalue weighted by molar-refractivity contribution is 6.30. The number of carbonyl (C=O) groups excluding carboxylic acids is 1. The van der Waals surface area contributed by atoms with Crippen LogP contribution < -0.4 is 10.4 Å². The van der Waals surface area contributed by atoms with Gasteiger partial charge in [0.1, 0.15) is 0 Å². The van der Waals surface area contributed by atoms with E-state index >= 15 is 0 Å². The summed E-state index contributed by atoms with van der Waals surface area (Å²) in [5.41, 5.74) is 2.88. The average Bonchev–Trinajstić information content (AvgIpc) is 2.29. The third-order valence-corrected chi connectivity index (χ3v) is 3.05. The Morgan fingerprint density at radius 3 is 2.83 bits per heavy atom. The highest BCUT2D eigenvalue weighted by Gasteiger charge is 2.11. The van der Waals surface area contributed by atoms with Crippen molar-refractivity contribution in [3.63, 3.8) is 0 Å². The molecule has 2 rings (SSSR count). The summed E-state index contributed by atoms with van der Waals surface area (Å²) in [6.45, 7) is 1.74. The minimum atomic E-state index is -1.08. The zero-order valence-corrected chi connectivity index (χ0v) is 11.3. The fourth-order valence-corrected chi connectivity index (χ4v) is 2.24. The molecular formula is C13H14Cl2NO2-. The van der Waals surface area contributed by atoms with Crippen LogP contribution in [0.3, 0.4) is 0 Å². The van der Waals surface area contributed by atoms with Gasteiger partial charge in [0.15, 0.2) is 0 Å². The summed E-state index contributed by atoms with van der Waals surface area (Å²) >= 11 is 5.89. The maximum Gasteiger partial charge on any atom is 0.0458 e. The van der Waals surface area contributed by atoms with Crippen LogP contribution in [0.1, 0.15) is 17.5 Å². The Labute approximate surface area is 117 Å². The van der Waals surface area contributed by atoms with E-state index in [9.17, 15) is 9.90 Å². The van der Waals surface area contributed by atoms with Gasteiger partial charge in [0.05, 0.1) is 0 Å². The molecule has 0 spiro atoms. The van der Waals surface area contributed by atoms with Crippen molar-refractivity contribution < 1.29 is 9.90 Å². The van der Waals surface area contributed by atoms with Crippen LogP contribution in [0.15, 0.2) is 24.3 Å². The molecule has 0 amide bonds. The summed E-state index contributed by atoms with van der Waals surface area (Å²) in [4.78, 5) is 10.7. The molecule has 3 nitrogen and oxygen atoms in total. The van der Waals surface area contributed by atoms with Crippen LogP contribution in [0.4, 0.5) is 0 Å². The van der Waals surface area contributed by atoms with Gasteiger partial charge in [0, 0.05) is 24.0 Å². The number of hydrogen-bond donors (Lipinski definition) is 1. The van der Waals surface area contributed by atoms with Gasteiger partial charge in [0.25, 0.3) is 0 Å². The third kappa shape index (κ3) is 3.73. The van der Waals surface area contributed by atoms with E-state index in [0.29, 0.717) is 5.02 Å². The van der Waals surface area contributed by atoms with E-state index < -0.39 is 5.97 Å². The standard InChI is InChI=1S/C13H14ClNO2.ClH/c14-11-1-2-12(9-3-5-15-6-4-9)10(7-11)8-13(16)17;/h1-3,7,15H,4-6,8H2,(H,16,17);1H/p-1. The van der Waals surface area contributed by atoms with Crippen molar-refractivity contribution in [3.05, 3.63) is 40.4 Å². The summed E-state index contributed by atoms with van der Waals surface area (Å²) < 4.78 is 0. The second-order valence-electron chi connectivity index (χ2n) is 4.03. The largest absolute Gasteiger partial charge is 0.550 e. The minimum absolute atomic E-state index is 0. The van der Waals surface area contributed by atoms with Crippen molar-refractivity contribution in [2.24, 2.45) is 0 Å². The van der Waals surface area contributed by atoms with Gasteiger partial charge in [-0.05, 0) is 41.8 Å². The first kappa shape index (κ1) is 15.0. The predicted molar refractivity (Wildman–Crippen MR) is 72.9 cm³/mol. The van der Waals surface area contributed by atoms with E-state index in [2.05, 4.69) is 11.4 Å². The van der Waals surface area contributed by atoms with Gasteiger partial charge in [-0.1, -0.05) is 23.7 Å². The molecule has 0 saturated heterocycles. The first-order chi connectivity index (χ1) is 8.16. The van der Waals surface area contributed by atoms with Crippen molar-refractivity contribution in [3.8, 4) is 0 Å². The fraction of sp³-hybridized carbons (Fsp3) is 0.308. The maximum atomic E-state index is 10.7. The second kappa shape index (κ2) is 6.78. The molecule has 1 N–H and O–H groups in total. The first-order valence-corrected chi connectivity index (χ1v) is 5.93. The Hall–Kier alpha value is -1.03. The van der Waals surface area contributed by atoms with Gasteiger partial charge in [-0.25, -0.2) is 0 Å². The van der Waals surface area contributed by atoms with Crippen LogP contribution in [-0.2, 0) is 11.2 Å². The molecule has 1 aromatic rings. The predicted octanol–water partition coefficient (Wildman–Crippen LogP) is 1.43. The van der Waals surface area contributed by atoms with E-state index in [0.717, 1.165) is 30.6 Å². The monoisotopic (exact) mass is 286 g/mol. The van der Waals surface area contributed by atoms with E-state index in [-0.39, 0.29) is 18.8 Å². The Morgan fingerprint density at radius 2 is 2.22 bits per heavy atom. The zero-order chi connectivity index (χ0) is 12.3. The zero-order valence-electron chi connectivity index (χ0n) is 9.74. The van der Waals surface area contributed by atoms with Crippen molar-refractivity contribution in [1.82, 2.24) is 5.32 Å². The maximum absolute atomic E-state index is 10.7. The molecule has 0 unspecified atom stereocenters. The lowest BCUT2D eigenvalue weighted by atomic mass is 9.94. The van der Waals surface area contributed by atoms with E-state index in [1.165, 1.54) is 5.57 Å². The van der Waals surface area contributed by atoms with Crippen LogP contribution in [0.2, 0.25) is 5.02 Å². The van der Waals surface area contributed by atoms with E-state index in [1.54, 1.807) is 12.1 Å². The van der Waals surface area contributed by atoms with Crippen molar-refractivity contribution >= 4 is 35.6 Å². The van der Waals surface area contributed by atoms with Crippen LogP contribution in [-0.4, -0.2) is 19.1 Å². The molecule has 1 heterocycles. The normalized spacial score (nSPS) is 14.6. The van der Waals surface area contributed by atoms with Crippen molar-refractivity contribution in [2.45, 2.75) is 12.8 Å². The number of nitrogens with one attached hydrogen (secondary N) is 1. The van der Waals surface area contributed by atoms with Crippen LogP contribution >= 0.6 is 24.0 Å². The van der Waals surface area contributed by atoms with Crippen LogP contribution in [0.25, 0.3) is 5.57 Å². The van der Waals surface area contributed by atoms with Gasteiger partial charge in [-0.2, -0.15) is 0 Å². The number of aliphatic carboxylic acids is 1. The number of halogens is 2. The van der Waals surface area contributed by atoms with E-state index in [1.807, 2.05) is 6.07 Å². The molecule has 0 aromatic heterocycles. The Morgan fingerprint density at radius 1 is 1.44 bits per heavy atom. The van der Waals surface area contributed by atoms with Crippen molar-refractivity contribution in [1.29, 1.82) is 0 Å². The van der Waals surface area contributed by atoms with E-state index in [4.69, 9.17) is 11.6 Å². The van der Waals surface area contributed by atoms with Gasteiger partial charge in [0.2, 0.25) is 0 Å². The quantitative estimate of drug-likeness (QED) is 0.915. The summed E-state index contributed by atoms with van der Waals surface area (Å²) in [5.74, 6) is -1.08. The van der Waals surface area contributed by atoms with Gasteiger partial charge in [-0.15, -0.1) is 12.4 Å². The SMILES string of the molecule is Cl.O=C([O-])Cc1cc(Cl)ccc1C1=CCNCC1. The number of carboxylic acid groups (broad SMARTS) is 1. The molecule has 5 heteroatoms. The number of benzene rings is 1. The molecule has 0 radical (unpaired) electrons. The highest BCUT2D eigenvalue weighted by Crippen LogP contribution is 2.26. The van der Waals surface area contributed by atoms with Crippen molar-refractivity contribution in [2.75, 3.05) is 13.1 Å². The van der Waals surface area contributed by atoms with Gasteiger partial charge >= 0.3 is 0 Å². The molecular weight excluding hydrogens is 273 g/mol. The number of rotatable bonds is 3. The molecule has 0 aliphatic carbocycles. The summed E-state index contributed by atoms with van der Waals surface area (Å²) in [7, 11) is 0. The lowest BCUT2D eigenvalue weighted by Crippen LogP contribution is -2.25. The third-order valence-electron chi connectivity index (χ3n) is 2.81. The topological polar surface area (TPSA) is 52.2 Å². The smallest absolute Gasteiger partial charge is 0.0458 e. The molecule has 0 bridgehead atoms. The van der Waals surface area contributed by atoms with Gasteiger partial charge < -0.3 is 15.2 Å². The molecule has 0 fully saturated rings. The lowest BCUT2D eigenvalue weighted by Gasteiger charge is -2.18. The second-order valence-corrected chi connectivity index (χ2v) is 4.47. The summed E-state index contributed by atoms with van der Waals surface area (Å²) in [6.07, 6.45) is 2.90. The molecule has 1 aliphatic heterocycles. The average molecular weight is 287 g/mol. The molecule has 18 heavy (non-hydrogen) atoms. The summed E-state index contributed by atoms with van der Waals surface area (Å²) in [6, 6.07) is 5.38. The van der Waals surface area contributed by atoms with Crippen LogP contribution in [0, 0.1) is 0 Å². The summed E-state index contributed by atoms with van der Waals surface area (Å²) in [5, 5.41) is 14.5. The molecule has 0 atom stereocenters. The Balaban J connectivity index is 0.00000162. The Bertz CT molecular complexity index is 472. The number of carbonyl (C=O) groups is 1. The number of carboxylic acids is 1. The lowest BCUT2D eigenvalue weighted by molar-refractivity contribution is -0.304. The molecule has 1 aliphatic rings. The first-order valence-electron chi connectivity index (χ1n) is 5.55. The molecule has 0 saturated carbocycles.